The number of piperidine rings is 1. The molecule has 1 aromatic heterocycles. The molecule has 2 fully saturated rings. The van der Waals surface area contributed by atoms with Crippen LogP contribution in [-0.2, 0) is 4.79 Å². The summed E-state index contributed by atoms with van der Waals surface area (Å²) >= 11 is 6.40. The summed E-state index contributed by atoms with van der Waals surface area (Å²) in [5, 5.41) is 3.66. The number of nitrogens with zero attached hydrogens (tertiary/aromatic N) is 2. The van der Waals surface area contributed by atoms with Crippen molar-refractivity contribution in [2.75, 3.05) is 25.1 Å². The molecule has 0 atom stereocenters. The van der Waals surface area contributed by atoms with E-state index in [1.54, 1.807) is 7.11 Å². The van der Waals surface area contributed by atoms with Gasteiger partial charge in [-0.3, -0.25) is 4.79 Å². The van der Waals surface area contributed by atoms with Gasteiger partial charge in [0.2, 0.25) is 0 Å². The van der Waals surface area contributed by atoms with Crippen molar-refractivity contribution in [1.29, 1.82) is 0 Å². The predicted molar refractivity (Wildman–Crippen MR) is 111 cm³/mol. The molecule has 0 radical (unpaired) electrons. The zero-order valence-corrected chi connectivity index (χ0v) is 16.1. The smallest absolute Gasteiger partial charge is 0.263 e. The normalized spacial score (nSPS) is 19.3. The summed E-state index contributed by atoms with van der Waals surface area (Å²) < 4.78 is 5.83. The molecular formula is C19H19N3O2S2. The second-order valence-electron chi connectivity index (χ2n) is 6.36. The van der Waals surface area contributed by atoms with Crippen LogP contribution in [0.3, 0.4) is 0 Å². The summed E-state index contributed by atoms with van der Waals surface area (Å²) in [6, 6.07) is 7.95. The highest BCUT2D eigenvalue weighted by atomic mass is 32.2. The maximum absolute atomic E-state index is 12.1. The Morgan fingerprint density at radius 1 is 1.27 bits per heavy atom. The molecule has 1 aromatic carbocycles. The van der Waals surface area contributed by atoms with Gasteiger partial charge in [-0.1, -0.05) is 24.0 Å². The third-order valence-electron chi connectivity index (χ3n) is 4.61. The van der Waals surface area contributed by atoms with Gasteiger partial charge < -0.3 is 15.0 Å². The lowest BCUT2D eigenvalue weighted by molar-refractivity contribution is -0.115. The quantitative estimate of drug-likeness (QED) is 0.642. The monoisotopic (exact) mass is 385 g/mol. The Hall–Kier alpha value is -2.12. The minimum absolute atomic E-state index is 0.143. The highest BCUT2D eigenvalue weighted by Gasteiger charge is 2.24. The number of aromatic nitrogens is 1. The van der Waals surface area contributed by atoms with Crippen molar-refractivity contribution < 1.29 is 9.53 Å². The van der Waals surface area contributed by atoms with Crippen LogP contribution in [0, 0.1) is 0 Å². The number of nitrogens with one attached hydrogen (secondary N) is 1. The Morgan fingerprint density at radius 3 is 2.77 bits per heavy atom. The molecule has 2 saturated heterocycles. The topological polar surface area (TPSA) is 54.5 Å². The molecule has 1 N–H and O–H groups in total. The largest absolute Gasteiger partial charge is 0.497 e. The van der Waals surface area contributed by atoms with E-state index in [0.29, 0.717) is 9.23 Å². The number of benzene rings is 1. The number of ether oxygens (including phenoxy) is 1. The van der Waals surface area contributed by atoms with E-state index in [9.17, 15) is 4.79 Å². The van der Waals surface area contributed by atoms with Gasteiger partial charge in [-0.2, -0.15) is 0 Å². The molecule has 4 rings (SSSR count). The number of amides is 1. The Labute approximate surface area is 161 Å². The maximum Gasteiger partial charge on any atom is 0.263 e. The summed E-state index contributed by atoms with van der Waals surface area (Å²) in [5.41, 5.74) is 1.86. The highest BCUT2D eigenvalue weighted by Crippen LogP contribution is 2.33. The van der Waals surface area contributed by atoms with Crippen LogP contribution >= 0.6 is 24.0 Å². The number of carbonyl (C=O) groups excluding carboxylic acids is 1. The Kier molecular flexibility index (Phi) is 4.82. The molecule has 7 heteroatoms. The zero-order valence-electron chi connectivity index (χ0n) is 14.4. The van der Waals surface area contributed by atoms with Crippen molar-refractivity contribution >= 4 is 57.0 Å². The third-order valence-corrected chi connectivity index (χ3v) is 5.78. The van der Waals surface area contributed by atoms with E-state index in [-0.39, 0.29) is 5.91 Å². The molecule has 2 aliphatic rings. The molecule has 0 saturated carbocycles. The number of rotatable bonds is 3. The van der Waals surface area contributed by atoms with Crippen LogP contribution in [0.1, 0.15) is 24.8 Å². The molecular weight excluding hydrogens is 366 g/mol. The number of hydrogen-bond acceptors (Lipinski definition) is 6. The molecule has 1 amide bonds. The van der Waals surface area contributed by atoms with Crippen molar-refractivity contribution in [3.8, 4) is 5.75 Å². The standard InChI is InChI=1S/C19H19N3O2S2/c1-24-14-5-6-15-12(10-14)9-13(11-16-18(23)21-19(25)26-16)17(20-15)22-7-3-2-4-8-22/h5-6,9-11H,2-4,7-8H2,1H3,(H,21,23,25)/b16-11+. The summed E-state index contributed by atoms with van der Waals surface area (Å²) in [7, 11) is 1.65. The summed E-state index contributed by atoms with van der Waals surface area (Å²) in [4.78, 5) is 19.9. The van der Waals surface area contributed by atoms with Crippen LogP contribution in [0.4, 0.5) is 5.82 Å². The number of thioether (sulfide) groups is 1. The first-order chi connectivity index (χ1) is 12.6. The molecule has 26 heavy (non-hydrogen) atoms. The molecule has 5 nitrogen and oxygen atoms in total. The molecule has 134 valence electrons. The molecule has 2 aliphatic heterocycles. The Morgan fingerprint density at radius 2 is 2.08 bits per heavy atom. The van der Waals surface area contributed by atoms with Gasteiger partial charge in [-0.25, -0.2) is 4.98 Å². The van der Waals surface area contributed by atoms with Crippen LogP contribution in [0.2, 0.25) is 0 Å². The van der Waals surface area contributed by atoms with E-state index in [0.717, 1.165) is 54.0 Å². The lowest BCUT2D eigenvalue weighted by Crippen LogP contribution is -2.30. The van der Waals surface area contributed by atoms with Crippen molar-refractivity contribution in [3.63, 3.8) is 0 Å². The fraction of sp³-hybridized carbons (Fsp3) is 0.316. The minimum atomic E-state index is -0.143. The van der Waals surface area contributed by atoms with Crippen molar-refractivity contribution in [2.45, 2.75) is 19.3 Å². The van der Waals surface area contributed by atoms with Crippen LogP contribution in [0.5, 0.6) is 5.75 Å². The first-order valence-electron chi connectivity index (χ1n) is 8.62. The Bertz CT molecular complexity index is 920. The Balaban J connectivity index is 1.84. The minimum Gasteiger partial charge on any atom is -0.497 e. The van der Waals surface area contributed by atoms with Gasteiger partial charge in [0.05, 0.1) is 17.5 Å². The van der Waals surface area contributed by atoms with E-state index >= 15 is 0 Å². The van der Waals surface area contributed by atoms with E-state index in [1.165, 1.54) is 18.2 Å². The first kappa shape index (κ1) is 17.3. The molecule has 3 heterocycles. The van der Waals surface area contributed by atoms with Crippen LogP contribution in [0.15, 0.2) is 29.2 Å². The highest BCUT2D eigenvalue weighted by molar-refractivity contribution is 8.26. The molecule has 0 bridgehead atoms. The van der Waals surface area contributed by atoms with Gasteiger partial charge in [0.25, 0.3) is 5.91 Å². The van der Waals surface area contributed by atoms with Gasteiger partial charge >= 0.3 is 0 Å². The number of hydrogen-bond donors (Lipinski definition) is 1. The number of anilines is 1. The van der Waals surface area contributed by atoms with Gasteiger partial charge in [-0.15, -0.1) is 0 Å². The summed E-state index contributed by atoms with van der Waals surface area (Å²) in [6.07, 6.45) is 5.48. The molecule has 0 unspecified atom stereocenters. The van der Waals surface area contributed by atoms with Gasteiger partial charge in [0.15, 0.2) is 0 Å². The van der Waals surface area contributed by atoms with Gasteiger partial charge in [-0.05, 0) is 49.6 Å². The SMILES string of the molecule is COc1ccc2nc(N3CCCCC3)c(/C=C3/SC(=S)NC3=O)cc2c1. The first-order valence-corrected chi connectivity index (χ1v) is 9.85. The third kappa shape index (κ3) is 3.41. The van der Waals surface area contributed by atoms with Crippen LogP contribution in [-0.4, -0.2) is 35.4 Å². The number of carbonyl (C=O) groups is 1. The second kappa shape index (κ2) is 7.25. The van der Waals surface area contributed by atoms with E-state index in [1.807, 2.05) is 24.3 Å². The zero-order chi connectivity index (χ0) is 18.1. The molecule has 0 spiro atoms. The fourth-order valence-electron chi connectivity index (χ4n) is 3.32. The van der Waals surface area contributed by atoms with Crippen molar-refractivity contribution in [3.05, 3.63) is 34.7 Å². The average Bonchev–Trinajstić information content (AvgIpc) is 2.98. The summed E-state index contributed by atoms with van der Waals surface area (Å²) in [6.45, 7) is 1.98. The lowest BCUT2D eigenvalue weighted by Gasteiger charge is -2.29. The van der Waals surface area contributed by atoms with Crippen LogP contribution < -0.4 is 15.0 Å². The fourth-order valence-corrected chi connectivity index (χ4v) is 4.35. The van der Waals surface area contributed by atoms with E-state index < -0.39 is 0 Å². The van der Waals surface area contributed by atoms with Crippen LogP contribution in [0.25, 0.3) is 17.0 Å². The average molecular weight is 386 g/mol. The number of methoxy groups -OCH3 is 1. The van der Waals surface area contributed by atoms with Crippen molar-refractivity contribution in [2.24, 2.45) is 0 Å². The van der Waals surface area contributed by atoms with E-state index in [4.69, 9.17) is 21.9 Å². The van der Waals surface area contributed by atoms with E-state index in [2.05, 4.69) is 16.3 Å². The molecule has 2 aromatic rings. The second-order valence-corrected chi connectivity index (χ2v) is 8.08. The number of thiocarbonyl (C=S) groups is 1. The number of fused-ring (bicyclic) bond motifs is 1. The predicted octanol–water partition coefficient (Wildman–Crippen LogP) is 3.72. The molecule has 0 aliphatic carbocycles. The maximum atomic E-state index is 12.1. The van der Waals surface area contributed by atoms with Gasteiger partial charge in [0.1, 0.15) is 15.9 Å². The summed E-state index contributed by atoms with van der Waals surface area (Å²) in [5.74, 6) is 1.58. The number of pyridine rings is 1. The lowest BCUT2D eigenvalue weighted by atomic mass is 10.1. The van der Waals surface area contributed by atoms with Crippen molar-refractivity contribution in [1.82, 2.24) is 10.3 Å². The van der Waals surface area contributed by atoms with Gasteiger partial charge in [0, 0.05) is 24.0 Å².